The van der Waals surface area contributed by atoms with Gasteiger partial charge in [-0.3, -0.25) is 0 Å². The highest BCUT2D eigenvalue weighted by Crippen LogP contribution is 1.95. The molecule has 0 aromatic carbocycles. The van der Waals surface area contributed by atoms with Crippen LogP contribution in [0.2, 0.25) is 0 Å². The highest BCUT2D eigenvalue weighted by atomic mass is 15.4. The van der Waals surface area contributed by atoms with Gasteiger partial charge in [-0.2, -0.15) is 0 Å². The van der Waals surface area contributed by atoms with Crippen LogP contribution in [0, 0.1) is 0 Å². The molecule has 0 saturated heterocycles. The molecule has 0 spiro atoms. The highest BCUT2D eigenvalue weighted by molar-refractivity contribution is 5.01. The monoisotopic (exact) mass is 145 g/mol. The SMILES string of the molecule is C/C(N)=C(\C)N(C)N.CC. The Morgan fingerprint density at radius 3 is 1.50 bits per heavy atom. The van der Waals surface area contributed by atoms with Crippen molar-refractivity contribution < 1.29 is 0 Å². The number of hydrogen-bond acceptors (Lipinski definition) is 3. The zero-order valence-electron chi connectivity index (χ0n) is 7.60. The molecule has 0 atom stereocenters. The summed E-state index contributed by atoms with van der Waals surface area (Å²) in [6.45, 7) is 7.69. The van der Waals surface area contributed by atoms with E-state index < -0.39 is 0 Å². The van der Waals surface area contributed by atoms with Crippen molar-refractivity contribution in [2.75, 3.05) is 7.05 Å². The molecule has 0 amide bonds. The van der Waals surface area contributed by atoms with Gasteiger partial charge in [-0.1, -0.05) is 13.8 Å². The predicted octanol–water partition coefficient (Wildman–Crippen LogP) is 1.03. The van der Waals surface area contributed by atoms with Crippen molar-refractivity contribution in [1.82, 2.24) is 5.01 Å². The second-order valence-electron chi connectivity index (χ2n) is 1.88. The van der Waals surface area contributed by atoms with Crippen LogP contribution in [0.15, 0.2) is 11.4 Å². The summed E-state index contributed by atoms with van der Waals surface area (Å²) in [5.41, 5.74) is 7.06. The van der Waals surface area contributed by atoms with Gasteiger partial charge < -0.3 is 10.7 Å². The van der Waals surface area contributed by atoms with Crippen molar-refractivity contribution in [2.24, 2.45) is 11.6 Å². The van der Waals surface area contributed by atoms with E-state index in [-0.39, 0.29) is 0 Å². The first-order valence-corrected chi connectivity index (χ1v) is 3.47. The lowest BCUT2D eigenvalue weighted by molar-refractivity contribution is 0.436. The number of rotatable bonds is 1. The van der Waals surface area contributed by atoms with E-state index in [1.807, 2.05) is 27.7 Å². The highest BCUT2D eigenvalue weighted by Gasteiger charge is 1.91. The third kappa shape index (κ3) is 5.44. The van der Waals surface area contributed by atoms with E-state index in [1.165, 1.54) is 5.01 Å². The van der Waals surface area contributed by atoms with E-state index in [0.29, 0.717) is 0 Å². The lowest BCUT2D eigenvalue weighted by Gasteiger charge is -2.12. The average Bonchev–Trinajstić information content (AvgIpc) is 1.90. The topological polar surface area (TPSA) is 55.3 Å². The lowest BCUT2D eigenvalue weighted by Crippen LogP contribution is -2.25. The maximum absolute atomic E-state index is 5.39. The van der Waals surface area contributed by atoms with E-state index in [4.69, 9.17) is 11.6 Å². The zero-order chi connectivity index (χ0) is 8.73. The average molecular weight is 145 g/mol. The summed E-state index contributed by atoms with van der Waals surface area (Å²) >= 11 is 0. The van der Waals surface area contributed by atoms with Crippen LogP contribution in [0.4, 0.5) is 0 Å². The van der Waals surface area contributed by atoms with Crippen LogP contribution in [0.25, 0.3) is 0 Å². The largest absolute Gasteiger partial charge is 0.401 e. The molecule has 0 unspecified atom stereocenters. The van der Waals surface area contributed by atoms with Gasteiger partial charge in [0.1, 0.15) is 0 Å². The van der Waals surface area contributed by atoms with Gasteiger partial charge in [0, 0.05) is 18.4 Å². The Labute approximate surface area is 63.7 Å². The molecule has 62 valence electrons. The molecule has 0 fully saturated rings. The lowest BCUT2D eigenvalue weighted by atomic mass is 10.4. The van der Waals surface area contributed by atoms with Crippen LogP contribution in [0.1, 0.15) is 27.7 Å². The van der Waals surface area contributed by atoms with Gasteiger partial charge >= 0.3 is 0 Å². The third-order valence-electron chi connectivity index (χ3n) is 1.10. The minimum atomic E-state index is 0.759. The van der Waals surface area contributed by atoms with Crippen molar-refractivity contribution in [2.45, 2.75) is 27.7 Å². The molecule has 0 heterocycles. The van der Waals surface area contributed by atoms with Gasteiger partial charge in [-0.05, 0) is 13.8 Å². The predicted molar refractivity (Wildman–Crippen MR) is 45.9 cm³/mol. The van der Waals surface area contributed by atoms with Gasteiger partial charge in [-0.25, -0.2) is 5.84 Å². The smallest absolute Gasteiger partial charge is 0.0441 e. The molecule has 3 heteroatoms. The van der Waals surface area contributed by atoms with Gasteiger partial charge in [-0.15, -0.1) is 0 Å². The summed E-state index contributed by atoms with van der Waals surface area (Å²) in [5, 5.41) is 1.50. The molecular weight excluding hydrogens is 126 g/mol. The second-order valence-corrected chi connectivity index (χ2v) is 1.88. The number of allylic oxidation sites excluding steroid dienone is 2. The molecular formula is C7H19N3. The van der Waals surface area contributed by atoms with Crippen molar-refractivity contribution >= 4 is 0 Å². The standard InChI is InChI=1S/C5H13N3.C2H6/c1-4(6)5(2)8(3)7;1-2/h6-7H2,1-3H3;1-2H3/b5-4-;. The molecule has 0 rings (SSSR count). The fourth-order valence-corrected chi connectivity index (χ4v) is 0.278. The van der Waals surface area contributed by atoms with Gasteiger partial charge in [0.15, 0.2) is 0 Å². The van der Waals surface area contributed by atoms with Crippen molar-refractivity contribution in [1.29, 1.82) is 0 Å². The molecule has 0 saturated carbocycles. The van der Waals surface area contributed by atoms with Gasteiger partial charge in [0.05, 0.1) is 0 Å². The summed E-state index contributed by atoms with van der Waals surface area (Å²) in [6.07, 6.45) is 0. The molecule has 0 radical (unpaired) electrons. The third-order valence-corrected chi connectivity index (χ3v) is 1.10. The van der Waals surface area contributed by atoms with Crippen LogP contribution in [-0.2, 0) is 0 Å². The molecule has 0 aromatic rings. The number of nitrogens with two attached hydrogens (primary N) is 2. The molecule has 0 aliphatic carbocycles. The fourth-order valence-electron chi connectivity index (χ4n) is 0.278. The fraction of sp³-hybridized carbons (Fsp3) is 0.714. The van der Waals surface area contributed by atoms with Crippen LogP contribution in [0.3, 0.4) is 0 Å². The first-order chi connectivity index (χ1) is 4.55. The molecule has 10 heavy (non-hydrogen) atoms. The molecule has 0 aromatic heterocycles. The summed E-state index contributed by atoms with van der Waals surface area (Å²) < 4.78 is 0. The van der Waals surface area contributed by atoms with Gasteiger partial charge in [0.25, 0.3) is 0 Å². The summed E-state index contributed by atoms with van der Waals surface area (Å²) in [4.78, 5) is 0. The molecule has 0 aliphatic heterocycles. The van der Waals surface area contributed by atoms with Crippen LogP contribution in [-0.4, -0.2) is 12.1 Å². The Morgan fingerprint density at radius 2 is 1.50 bits per heavy atom. The Balaban J connectivity index is 0. The first kappa shape index (κ1) is 12.0. The number of hydrogen-bond donors (Lipinski definition) is 2. The van der Waals surface area contributed by atoms with E-state index in [1.54, 1.807) is 7.05 Å². The van der Waals surface area contributed by atoms with Crippen LogP contribution in [0.5, 0.6) is 0 Å². The number of hydrazine groups is 1. The summed E-state index contributed by atoms with van der Waals surface area (Å²) in [6, 6.07) is 0. The maximum atomic E-state index is 5.39. The van der Waals surface area contributed by atoms with Crippen LogP contribution < -0.4 is 11.6 Å². The van der Waals surface area contributed by atoms with E-state index >= 15 is 0 Å². The van der Waals surface area contributed by atoms with Crippen molar-refractivity contribution in [3.05, 3.63) is 11.4 Å². The minimum Gasteiger partial charge on any atom is -0.401 e. The Hall–Kier alpha value is -0.700. The molecule has 0 aliphatic rings. The van der Waals surface area contributed by atoms with E-state index in [2.05, 4.69) is 0 Å². The van der Waals surface area contributed by atoms with E-state index in [0.717, 1.165) is 11.4 Å². The second kappa shape index (κ2) is 6.42. The van der Waals surface area contributed by atoms with Crippen LogP contribution >= 0.6 is 0 Å². The van der Waals surface area contributed by atoms with Gasteiger partial charge in [0.2, 0.25) is 0 Å². The Morgan fingerprint density at radius 1 is 1.20 bits per heavy atom. The van der Waals surface area contributed by atoms with Crippen molar-refractivity contribution in [3.63, 3.8) is 0 Å². The Bertz CT molecular complexity index is 101. The molecule has 4 N–H and O–H groups in total. The summed E-state index contributed by atoms with van der Waals surface area (Å²) in [7, 11) is 1.76. The molecule has 3 nitrogen and oxygen atoms in total. The first-order valence-electron chi connectivity index (χ1n) is 3.47. The van der Waals surface area contributed by atoms with E-state index in [9.17, 15) is 0 Å². The zero-order valence-corrected chi connectivity index (χ0v) is 7.60. The number of nitrogens with zero attached hydrogens (tertiary/aromatic N) is 1. The quantitative estimate of drug-likeness (QED) is 0.428. The normalized spacial score (nSPS) is 11.0. The minimum absolute atomic E-state index is 0.759. The summed E-state index contributed by atoms with van der Waals surface area (Å²) in [5.74, 6) is 5.33. The Kier molecular flexibility index (Phi) is 7.72. The molecule has 0 bridgehead atoms. The van der Waals surface area contributed by atoms with Crippen molar-refractivity contribution in [3.8, 4) is 0 Å². The maximum Gasteiger partial charge on any atom is 0.0441 e.